The number of carbonyl (C=O) groups is 2. The van der Waals surface area contributed by atoms with Gasteiger partial charge in [-0.3, -0.25) is 9.59 Å². The fraction of sp³-hybridized carbons (Fsp3) is 0. The number of hydrogen-bond acceptors (Lipinski definition) is 4. The van der Waals surface area contributed by atoms with Gasteiger partial charge in [0, 0.05) is 15.6 Å². The molecular formula is C17H9Cl2NO2S2. The van der Waals surface area contributed by atoms with Crippen molar-refractivity contribution >= 4 is 68.2 Å². The third-order valence-corrected chi connectivity index (χ3v) is 5.50. The zero-order valence-electron chi connectivity index (χ0n) is 12.0. The van der Waals surface area contributed by atoms with Crippen LogP contribution in [0.5, 0.6) is 0 Å². The monoisotopic (exact) mass is 393 g/mol. The number of amides is 1. The molecule has 0 spiro atoms. The van der Waals surface area contributed by atoms with Crippen LogP contribution in [0.4, 0.5) is 0 Å². The maximum Gasteiger partial charge on any atom is 0.285 e. The molecule has 1 heterocycles. The van der Waals surface area contributed by atoms with E-state index >= 15 is 0 Å². The van der Waals surface area contributed by atoms with Crippen LogP contribution in [0.25, 0.3) is 6.08 Å². The van der Waals surface area contributed by atoms with Gasteiger partial charge in [0.15, 0.2) is 0 Å². The zero-order valence-corrected chi connectivity index (χ0v) is 15.2. The largest absolute Gasteiger partial charge is 0.285 e. The van der Waals surface area contributed by atoms with Gasteiger partial charge in [0.2, 0.25) is 5.12 Å². The topological polar surface area (TPSA) is 46.5 Å². The molecule has 0 saturated heterocycles. The number of rotatable bonds is 2. The van der Waals surface area contributed by atoms with E-state index in [9.17, 15) is 9.59 Å². The van der Waals surface area contributed by atoms with Crippen LogP contribution in [-0.4, -0.2) is 15.4 Å². The third-order valence-electron chi connectivity index (χ3n) is 3.03. The van der Waals surface area contributed by atoms with E-state index in [1.807, 2.05) is 12.1 Å². The number of thioether (sulfide) groups is 2. The molecule has 3 nitrogen and oxygen atoms in total. The SMILES string of the molecule is O=C1N=C(SC(=O)c2ccc(Cl)cc2)S/C1=C/c1ccc(Cl)cc1. The molecule has 7 heteroatoms. The molecule has 3 rings (SSSR count). The quantitative estimate of drug-likeness (QED) is 0.628. The minimum absolute atomic E-state index is 0.182. The van der Waals surface area contributed by atoms with Gasteiger partial charge in [-0.25, -0.2) is 0 Å². The van der Waals surface area contributed by atoms with E-state index in [2.05, 4.69) is 4.99 Å². The molecule has 1 amide bonds. The average Bonchev–Trinajstić information content (AvgIpc) is 2.89. The second kappa shape index (κ2) is 7.57. The molecular weight excluding hydrogens is 385 g/mol. The van der Waals surface area contributed by atoms with E-state index < -0.39 is 0 Å². The van der Waals surface area contributed by atoms with Gasteiger partial charge < -0.3 is 0 Å². The van der Waals surface area contributed by atoms with Gasteiger partial charge in [-0.2, -0.15) is 4.99 Å². The molecule has 0 saturated carbocycles. The molecule has 2 aromatic carbocycles. The van der Waals surface area contributed by atoms with Crippen LogP contribution in [0.2, 0.25) is 10.0 Å². The Morgan fingerprint density at radius 3 is 2.21 bits per heavy atom. The maximum absolute atomic E-state index is 12.2. The van der Waals surface area contributed by atoms with Crippen molar-refractivity contribution < 1.29 is 9.59 Å². The zero-order chi connectivity index (χ0) is 17.1. The Morgan fingerprint density at radius 1 is 1.00 bits per heavy atom. The van der Waals surface area contributed by atoms with Crippen LogP contribution >= 0.6 is 46.7 Å². The fourth-order valence-corrected chi connectivity index (χ4v) is 3.97. The summed E-state index contributed by atoms with van der Waals surface area (Å²) >= 11 is 13.8. The van der Waals surface area contributed by atoms with Gasteiger partial charge in [0.1, 0.15) is 4.38 Å². The molecule has 1 aliphatic rings. The van der Waals surface area contributed by atoms with Gasteiger partial charge in [0.25, 0.3) is 5.91 Å². The summed E-state index contributed by atoms with van der Waals surface area (Å²) in [5.41, 5.74) is 1.36. The minimum Gasteiger partial charge on any atom is -0.281 e. The van der Waals surface area contributed by atoms with Crippen LogP contribution in [0.3, 0.4) is 0 Å². The second-order valence-electron chi connectivity index (χ2n) is 4.74. The first-order valence-corrected chi connectivity index (χ1v) is 9.16. The van der Waals surface area contributed by atoms with Gasteiger partial charge in [-0.1, -0.05) is 47.1 Å². The molecule has 2 aromatic rings. The first-order valence-electron chi connectivity index (χ1n) is 6.77. The summed E-state index contributed by atoms with van der Waals surface area (Å²) in [7, 11) is 0. The summed E-state index contributed by atoms with van der Waals surface area (Å²) in [6.45, 7) is 0. The first kappa shape index (κ1) is 17.3. The highest BCUT2D eigenvalue weighted by molar-refractivity contribution is 8.46. The molecule has 0 fully saturated rings. The Hall–Kier alpha value is -1.53. The van der Waals surface area contributed by atoms with Crippen molar-refractivity contribution in [1.29, 1.82) is 0 Å². The van der Waals surface area contributed by atoms with Gasteiger partial charge in [-0.05, 0) is 59.8 Å². The number of nitrogens with zero attached hydrogens (tertiary/aromatic N) is 1. The standard InChI is InChI=1S/C17H9Cl2NO2S2/c18-12-5-1-10(2-6-12)9-14-15(21)20-17(23-14)24-16(22)11-3-7-13(19)8-4-11/h1-9H/b14-9+. The van der Waals surface area contributed by atoms with Crippen molar-refractivity contribution in [1.82, 2.24) is 0 Å². The lowest BCUT2D eigenvalue weighted by atomic mass is 10.2. The van der Waals surface area contributed by atoms with E-state index in [1.54, 1.807) is 42.5 Å². The molecule has 24 heavy (non-hydrogen) atoms. The highest BCUT2D eigenvalue weighted by atomic mass is 35.5. The van der Waals surface area contributed by atoms with Crippen LogP contribution < -0.4 is 0 Å². The van der Waals surface area contributed by atoms with E-state index in [0.29, 0.717) is 24.9 Å². The van der Waals surface area contributed by atoms with E-state index in [-0.39, 0.29) is 11.0 Å². The average molecular weight is 394 g/mol. The Labute approximate surface area is 157 Å². The Balaban J connectivity index is 1.69. The molecule has 0 N–H and O–H groups in total. The minimum atomic E-state index is -0.346. The normalized spacial score (nSPS) is 15.7. The highest BCUT2D eigenvalue weighted by Crippen LogP contribution is 2.35. The van der Waals surface area contributed by atoms with Crippen LogP contribution in [0.1, 0.15) is 15.9 Å². The van der Waals surface area contributed by atoms with Crippen LogP contribution in [-0.2, 0) is 4.79 Å². The van der Waals surface area contributed by atoms with Crippen molar-refractivity contribution in [3.05, 3.63) is 74.6 Å². The molecule has 0 bridgehead atoms. The van der Waals surface area contributed by atoms with Crippen molar-refractivity contribution in [2.24, 2.45) is 4.99 Å². The summed E-state index contributed by atoms with van der Waals surface area (Å²) in [6, 6.07) is 13.7. The number of halogens is 2. The third kappa shape index (κ3) is 4.30. The van der Waals surface area contributed by atoms with Crippen LogP contribution in [0.15, 0.2) is 58.4 Å². The molecule has 120 valence electrons. The lowest BCUT2D eigenvalue weighted by Gasteiger charge is -2.00. The molecule has 0 unspecified atom stereocenters. The Bertz CT molecular complexity index is 859. The van der Waals surface area contributed by atoms with E-state index in [1.165, 1.54) is 11.8 Å². The summed E-state index contributed by atoms with van der Waals surface area (Å²) in [5, 5.41) is 1.01. The number of hydrogen-bond donors (Lipinski definition) is 0. The Kier molecular flexibility index (Phi) is 5.46. The summed E-state index contributed by atoms with van der Waals surface area (Å²) < 4.78 is 0.417. The summed E-state index contributed by atoms with van der Waals surface area (Å²) in [6.07, 6.45) is 1.73. The number of aliphatic imine (C=N–C) groups is 1. The maximum atomic E-state index is 12.2. The molecule has 0 aromatic heterocycles. The predicted molar refractivity (Wildman–Crippen MR) is 103 cm³/mol. The van der Waals surface area contributed by atoms with Crippen molar-refractivity contribution in [3.63, 3.8) is 0 Å². The first-order chi connectivity index (χ1) is 11.5. The molecule has 0 aliphatic carbocycles. The van der Waals surface area contributed by atoms with E-state index in [0.717, 1.165) is 17.3 Å². The lowest BCUT2D eigenvalue weighted by Crippen LogP contribution is -1.95. The smallest absolute Gasteiger partial charge is 0.281 e. The highest BCUT2D eigenvalue weighted by Gasteiger charge is 2.24. The fourth-order valence-electron chi connectivity index (χ4n) is 1.87. The van der Waals surface area contributed by atoms with Gasteiger partial charge >= 0.3 is 0 Å². The lowest BCUT2D eigenvalue weighted by molar-refractivity contribution is -0.113. The second-order valence-corrected chi connectivity index (χ2v) is 7.87. The van der Waals surface area contributed by atoms with Crippen molar-refractivity contribution in [3.8, 4) is 0 Å². The van der Waals surface area contributed by atoms with E-state index in [4.69, 9.17) is 23.2 Å². The molecule has 1 aliphatic heterocycles. The molecule has 0 atom stereocenters. The number of benzene rings is 2. The van der Waals surface area contributed by atoms with Crippen LogP contribution in [0, 0.1) is 0 Å². The van der Waals surface area contributed by atoms with Gasteiger partial charge in [-0.15, -0.1) is 0 Å². The molecule has 0 radical (unpaired) electrons. The number of carbonyl (C=O) groups excluding carboxylic acids is 2. The summed E-state index contributed by atoms with van der Waals surface area (Å²) in [4.78, 5) is 28.6. The Morgan fingerprint density at radius 2 is 1.58 bits per heavy atom. The van der Waals surface area contributed by atoms with Crippen molar-refractivity contribution in [2.75, 3.05) is 0 Å². The summed E-state index contributed by atoms with van der Waals surface area (Å²) in [5.74, 6) is -0.346. The van der Waals surface area contributed by atoms with Crippen molar-refractivity contribution in [2.45, 2.75) is 0 Å². The van der Waals surface area contributed by atoms with Gasteiger partial charge in [0.05, 0.1) is 4.91 Å². The predicted octanol–water partition coefficient (Wildman–Crippen LogP) is 5.54.